The second kappa shape index (κ2) is 8.77. The quantitative estimate of drug-likeness (QED) is 0.499. The molecule has 1 aliphatic heterocycles. The van der Waals surface area contributed by atoms with Gasteiger partial charge < -0.3 is 15.6 Å². The number of H-pyrrole nitrogens is 1. The first-order chi connectivity index (χ1) is 14.6. The lowest BCUT2D eigenvalue weighted by Gasteiger charge is -2.13. The lowest BCUT2D eigenvalue weighted by molar-refractivity contribution is -0.128. The number of nitrogens with one attached hydrogen (secondary N) is 3. The van der Waals surface area contributed by atoms with Crippen LogP contribution in [0.1, 0.15) is 24.2 Å². The van der Waals surface area contributed by atoms with Gasteiger partial charge in [0.1, 0.15) is 11.9 Å². The van der Waals surface area contributed by atoms with Crippen molar-refractivity contribution in [1.82, 2.24) is 25.5 Å². The van der Waals surface area contributed by atoms with Crippen LogP contribution in [0.15, 0.2) is 54.6 Å². The van der Waals surface area contributed by atoms with Crippen molar-refractivity contribution >= 4 is 28.9 Å². The molecule has 2 aromatic carbocycles. The van der Waals surface area contributed by atoms with Crippen LogP contribution in [0.5, 0.6) is 0 Å². The highest BCUT2D eigenvalue weighted by Crippen LogP contribution is 2.15. The number of imide groups is 1. The number of nitrogens with zero attached hydrogens (tertiary/aromatic N) is 2. The summed E-state index contributed by atoms with van der Waals surface area (Å²) >= 11 is 0. The highest BCUT2D eigenvalue weighted by atomic mass is 16.2. The molecule has 8 heteroatoms. The third-order valence-corrected chi connectivity index (χ3v) is 5.07. The summed E-state index contributed by atoms with van der Waals surface area (Å²) in [6.45, 7) is 0.676. The van der Waals surface area contributed by atoms with Gasteiger partial charge in [0.2, 0.25) is 5.91 Å². The monoisotopic (exact) mass is 405 g/mol. The third kappa shape index (κ3) is 4.48. The molecular formula is C22H23N5O3. The lowest BCUT2D eigenvalue weighted by Crippen LogP contribution is -2.33. The van der Waals surface area contributed by atoms with Crippen molar-refractivity contribution in [2.75, 3.05) is 6.54 Å². The van der Waals surface area contributed by atoms with Gasteiger partial charge in [-0.3, -0.25) is 14.5 Å². The van der Waals surface area contributed by atoms with Crippen molar-refractivity contribution in [2.24, 2.45) is 0 Å². The Hall–Kier alpha value is -3.68. The molecule has 0 saturated carbocycles. The van der Waals surface area contributed by atoms with Crippen LogP contribution >= 0.6 is 0 Å². The van der Waals surface area contributed by atoms with Gasteiger partial charge in [0, 0.05) is 19.4 Å². The van der Waals surface area contributed by atoms with E-state index in [4.69, 9.17) is 0 Å². The number of aromatic nitrogens is 2. The van der Waals surface area contributed by atoms with Crippen molar-refractivity contribution in [1.29, 1.82) is 0 Å². The SMILES string of the molecule is O=C(CC[C@@H]1NC(=O)N(Cc2ccccc2)C1=O)NCCc1nc2ccccc2[nH]1. The maximum atomic E-state index is 12.5. The molecule has 1 aliphatic rings. The zero-order chi connectivity index (χ0) is 20.9. The Labute approximate surface area is 173 Å². The molecule has 0 unspecified atom stereocenters. The fourth-order valence-electron chi connectivity index (χ4n) is 3.50. The van der Waals surface area contributed by atoms with Gasteiger partial charge in [0.05, 0.1) is 17.6 Å². The molecule has 1 saturated heterocycles. The van der Waals surface area contributed by atoms with Crippen LogP contribution in [0.2, 0.25) is 0 Å². The Morgan fingerprint density at radius 1 is 1.07 bits per heavy atom. The fourth-order valence-corrected chi connectivity index (χ4v) is 3.50. The summed E-state index contributed by atoms with van der Waals surface area (Å²) in [4.78, 5) is 45.7. The fraction of sp³-hybridized carbons (Fsp3) is 0.273. The average molecular weight is 405 g/mol. The molecule has 4 rings (SSSR count). The molecule has 30 heavy (non-hydrogen) atoms. The molecule has 3 aromatic rings. The summed E-state index contributed by atoms with van der Waals surface area (Å²) in [5, 5.41) is 5.51. The molecule has 0 bridgehead atoms. The van der Waals surface area contributed by atoms with Crippen molar-refractivity contribution in [2.45, 2.75) is 31.8 Å². The minimum absolute atomic E-state index is 0.158. The normalized spacial score (nSPS) is 16.1. The Balaban J connectivity index is 1.21. The van der Waals surface area contributed by atoms with E-state index in [1.165, 1.54) is 4.90 Å². The van der Waals surface area contributed by atoms with Crippen molar-refractivity contribution < 1.29 is 14.4 Å². The third-order valence-electron chi connectivity index (χ3n) is 5.07. The van der Waals surface area contributed by atoms with E-state index >= 15 is 0 Å². The first-order valence-electron chi connectivity index (χ1n) is 9.96. The molecular weight excluding hydrogens is 382 g/mol. The predicted octanol–water partition coefficient (Wildman–Crippen LogP) is 2.12. The van der Waals surface area contributed by atoms with E-state index in [9.17, 15) is 14.4 Å². The van der Waals surface area contributed by atoms with Gasteiger partial charge in [-0.1, -0.05) is 42.5 Å². The Bertz CT molecular complexity index is 1030. The first-order valence-corrected chi connectivity index (χ1v) is 9.96. The molecule has 0 spiro atoms. The topological polar surface area (TPSA) is 107 Å². The molecule has 8 nitrogen and oxygen atoms in total. The Morgan fingerprint density at radius 2 is 1.83 bits per heavy atom. The molecule has 0 aliphatic carbocycles. The molecule has 1 aromatic heterocycles. The van der Waals surface area contributed by atoms with Crippen LogP contribution in [0.4, 0.5) is 4.79 Å². The predicted molar refractivity (Wildman–Crippen MR) is 111 cm³/mol. The minimum Gasteiger partial charge on any atom is -0.356 e. The number of amides is 4. The first kappa shape index (κ1) is 19.6. The van der Waals surface area contributed by atoms with E-state index in [0.717, 1.165) is 22.4 Å². The standard InChI is InChI=1S/C22H23N5O3/c28-20(23-13-12-19-24-16-8-4-5-9-17(16)25-19)11-10-18-21(29)27(22(30)26-18)14-15-6-2-1-3-7-15/h1-9,18H,10-14H2,(H,23,28)(H,24,25)(H,26,30)/t18-/m0/s1. The second-order valence-electron chi connectivity index (χ2n) is 7.25. The summed E-state index contributed by atoms with van der Waals surface area (Å²) < 4.78 is 0. The number of hydrogen-bond acceptors (Lipinski definition) is 4. The number of hydrogen-bond donors (Lipinski definition) is 3. The number of benzene rings is 2. The van der Waals surface area contributed by atoms with Gasteiger partial charge in [-0.2, -0.15) is 0 Å². The van der Waals surface area contributed by atoms with Crippen LogP contribution in [-0.4, -0.2) is 45.3 Å². The van der Waals surface area contributed by atoms with E-state index in [2.05, 4.69) is 20.6 Å². The molecule has 4 amide bonds. The second-order valence-corrected chi connectivity index (χ2v) is 7.25. The van der Waals surface area contributed by atoms with E-state index in [1.54, 1.807) is 0 Å². The zero-order valence-corrected chi connectivity index (χ0v) is 16.4. The Kier molecular flexibility index (Phi) is 5.74. The summed E-state index contributed by atoms with van der Waals surface area (Å²) in [7, 11) is 0. The zero-order valence-electron chi connectivity index (χ0n) is 16.4. The number of para-hydroxylation sites is 2. The highest BCUT2D eigenvalue weighted by molar-refractivity contribution is 6.04. The van der Waals surface area contributed by atoms with Crippen LogP contribution in [-0.2, 0) is 22.6 Å². The highest BCUT2D eigenvalue weighted by Gasteiger charge is 2.37. The minimum atomic E-state index is -0.665. The summed E-state index contributed by atoms with van der Waals surface area (Å²) in [6, 6.07) is 16.0. The number of imidazole rings is 1. The Morgan fingerprint density at radius 3 is 2.63 bits per heavy atom. The van der Waals surface area contributed by atoms with Gasteiger partial charge in [-0.05, 0) is 24.1 Å². The van der Waals surface area contributed by atoms with Gasteiger partial charge in [0.25, 0.3) is 5.91 Å². The van der Waals surface area contributed by atoms with Gasteiger partial charge >= 0.3 is 6.03 Å². The van der Waals surface area contributed by atoms with Crippen LogP contribution < -0.4 is 10.6 Å². The summed E-state index contributed by atoms with van der Waals surface area (Å²) in [5.74, 6) is 0.361. The van der Waals surface area contributed by atoms with E-state index in [-0.39, 0.29) is 31.2 Å². The summed E-state index contributed by atoms with van der Waals surface area (Å²) in [5.41, 5.74) is 2.74. The number of rotatable bonds is 8. The number of fused-ring (bicyclic) bond motifs is 1. The van der Waals surface area contributed by atoms with E-state index < -0.39 is 12.1 Å². The number of aromatic amines is 1. The van der Waals surface area contributed by atoms with Gasteiger partial charge in [-0.25, -0.2) is 9.78 Å². The van der Waals surface area contributed by atoms with E-state index in [1.807, 2.05) is 54.6 Å². The smallest absolute Gasteiger partial charge is 0.325 e. The number of carbonyl (C=O) groups excluding carboxylic acids is 3. The lowest BCUT2D eigenvalue weighted by atomic mass is 10.1. The van der Waals surface area contributed by atoms with Gasteiger partial charge in [-0.15, -0.1) is 0 Å². The van der Waals surface area contributed by atoms with E-state index in [0.29, 0.717) is 13.0 Å². The van der Waals surface area contributed by atoms with Crippen molar-refractivity contribution in [3.8, 4) is 0 Å². The molecule has 0 radical (unpaired) electrons. The average Bonchev–Trinajstić information content (AvgIpc) is 3.28. The molecule has 154 valence electrons. The summed E-state index contributed by atoms with van der Waals surface area (Å²) in [6.07, 6.45) is 1.02. The van der Waals surface area contributed by atoms with Crippen LogP contribution in [0.25, 0.3) is 11.0 Å². The molecule has 2 heterocycles. The van der Waals surface area contributed by atoms with Crippen molar-refractivity contribution in [3.63, 3.8) is 0 Å². The number of carbonyl (C=O) groups is 3. The maximum Gasteiger partial charge on any atom is 0.325 e. The van der Waals surface area contributed by atoms with Crippen LogP contribution in [0, 0.1) is 0 Å². The largest absolute Gasteiger partial charge is 0.356 e. The molecule has 3 N–H and O–H groups in total. The van der Waals surface area contributed by atoms with Crippen LogP contribution in [0.3, 0.4) is 0 Å². The molecule has 1 atom stereocenters. The molecule has 1 fully saturated rings. The van der Waals surface area contributed by atoms with Crippen molar-refractivity contribution in [3.05, 3.63) is 66.0 Å². The van der Waals surface area contributed by atoms with Gasteiger partial charge in [0.15, 0.2) is 0 Å². The maximum absolute atomic E-state index is 12.5. The number of urea groups is 1.